The van der Waals surface area contributed by atoms with Gasteiger partial charge in [-0.25, -0.2) is 0 Å². The van der Waals surface area contributed by atoms with Gasteiger partial charge in [-0.15, -0.1) is 5.10 Å². The largest absolute Gasteiger partial charge is 0.467 e. The first-order valence-corrected chi connectivity index (χ1v) is 7.89. The van der Waals surface area contributed by atoms with Gasteiger partial charge in [0, 0.05) is 11.9 Å². The third-order valence-electron chi connectivity index (χ3n) is 3.35. The molecule has 0 spiro atoms. The number of aromatic nitrogens is 2. The van der Waals surface area contributed by atoms with Gasteiger partial charge in [-0.3, -0.25) is 4.79 Å². The predicted molar refractivity (Wildman–Crippen MR) is 84.8 cm³/mol. The molecule has 0 radical (unpaired) electrons. The van der Waals surface area contributed by atoms with Crippen molar-refractivity contribution >= 4 is 17.4 Å². The highest BCUT2D eigenvalue weighted by atomic mass is 32.1. The fraction of sp³-hybridized carbons (Fsp3) is 0.188. The Morgan fingerprint density at radius 2 is 2.09 bits per heavy atom. The first kappa shape index (κ1) is 15.4. The number of nitrogens with zero attached hydrogens (tertiary/aromatic N) is 3. The zero-order valence-electron chi connectivity index (χ0n) is 12.2. The summed E-state index contributed by atoms with van der Waals surface area (Å²) in [5.74, 6) is 0.153. The third kappa shape index (κ3) is 3.82. The van der Waals surface area contributed by atoms with Crippen molar-refractivity contribution in [2.75, 3.05) is 6.54 Å². The molecule has 6 nitrogen and oxygen atoms in total. The Hall–Kier alpha value is -2.51. The fourth-order valence-electron chi connectivity index (χ4n) is 2.22. The lowest BCUT2D eigenvalue weighted by atomic mass is 10.2. The zero-order valence-corrected chi connectivity index (χ0v) is 13.0. The molecule has 1 atom stereocenters. The molecule has 0 aliphatic carbocycles. The van der Waals surface area contributed by atoms with Crippen LogP contribution in [0.1, 0.15) is 27.9 Å². The summed E-state index contributed by atoms with van der Waals surface area (Å²) in [6, 6.07) is 13.0. The van der Waals surface area contributed by atoms with E-state index in [2.05, 4.69) is 9.59 Å². The van der Waals surface area contributed by atoms with Crippen molar-refractivity contribution in [3.63, 3.8) is 0 Å². The van der Waals surface area contributed by atoms with Crippen LogP contribution in [0.15, 0.2) is 58.5 Å². The summed E-state index contributed by atoms with van der Waals surface area (Å²) in [5, 5.41) is 15.7. The second-order valence-corrected chi connectivity index (χ2v) is 5.60. The molecular formula is C16H15N3O3S. The molecule has 0 aliphatic rings. The number of aliphatic hydroxyl groups is 1. The molecule has 7 heteroatoms. The maximum atomic E-state index is 12.6. The summed E-state index contributed by atoms with van der Waals surface area (Å²) in [6.45, 7) is 0.480. The van der Waals surface area contributed by atoms with Crippen LogP contribution in [0.5, 0.6) is 0 Å². The van der Waals surface area contributed by atoms with Crippen LogP contribution in [0.3, 0.4) is 0 Å². The van der Waals surface area contributed by atoms with Crippen molar-refractivity contribution in [3.05, 3.63) is 71.1 Å². The van der Waals surface area contributed by atoms with Crippen LogP contribution >= 0.6 is 11.5 Å². The lowest BCUT2D eigenvalue weighted by Gasteiger charge is -2.24. The number of furan rings is 1. The molecule has 0 saturated heterocycles. The summed E-state index contributed by atoms with van der Waals surface area (Å²) < 4.78 is 8.93. The van der Waals surface area contributed by atoms with Crippen LogP contribution in [0.25, 0.3) is 0 Å². The second-order valence-electron chi connectivity index (χ2n) is 4.99. The van der Waals surface area contributed by atoms with E-state index in [1.165, 1.54) is 6.26 Å². The van der Waals surface area contributed by atoms with Gasteiger partial charge in [-0.1, -0.05) is 34.8 Å². The van der Waals surface area contributed by atoms with Crippen LogP contribution in [-0.4, -0.2) is 32.0 Å². The van der Waals surface area contributed by atoms with Crippen LogP contribution in [0.4, 0.5) is 0 Å². The van der Waals surface area contributed by atoms with Gasteiger partial charge in [0.05, 0.1) is 12.8 Å². The molecule has 1 aromatic carbocycles. The van der Waals surface area contributed by atoms with E-state index < -0.39 is 6.10 Å². The van der Waals surface area contributed by atoms with E-state index >= 15 is 0 Å². The van der Waals surface area contributed by atoms with Crippen LogP contribution in [0.2, 0.25) is 0 Å². The monoisotopic (exact) mass is 329 g/mol. The molecule has 0 bridgehead atoms. The molecular weight excluding hydrogens is 314 g/mol. The number of hydrogen-bond acceptors (Lipinski definition) is 6. The highest BCUT2D eigenvalue weighted by molar-refractivity contribution is 7.03. The second kappa shape index (κ2) is 7.17. The molecule has 23 heavy (non-hydrogen) atoms. The number of benzene rings is 1. The normalized spacial score (nSPS) is 12.0. The summed E-state index contributed by atoms with van der Waals surface area (Å²) in [4.78, 5) is 14.1. The van der Waals surface area contributed by atoms with Crippen molar-refractivity contribution in [2.24, 2.45) is 0 Å². The fourth-order valence-corrected chi connectivity index (χ4v) is 2.65. The first-order chi connectivity index (χ1) is 11.2. The average Bonchev–Trinajstić information content (AvgIpc) is 3.27. The molecule has 0 unspecified atom stereocenters. The molecule has 3 aromatic rings. The number of rotatable bonds is 6. The molecule has 118 valence electrons. The molecule has 3 rings (SSSR count). The summed E-state index contributed by atoms with van der Waals surface area (Å²) >= 11 is 1.12. The van der Waals surface area contributed by atoms with Crippen LogP contribution < -0.4 is 0 Å². The lowest BCUT2D eigenvalue weighted by Crippen LogP contribution is -2.34. The third-order valence-corrected chi connectivity index (χ3v) is 3.85. The van der Waals surface area contributed by atoms with Crippen molar-refractivity contribution in [3.8, 4) is 0 Å². The Labute approximate surface area is 137 Å². The Bertz CT molecular complexity index is 729. The Morgan fingerprint density at radius 1 is 1.26 bits per heavy atom. The number of aliphatic hydroxyl groups excluding tert-OH is 1. The van der Waals surface area contributed by atoms with E-state index in [1.807, 2.05) is 30.3 Å². The van der Waals surface area contributed by atoms with Crippen LogP contribution in [0, 0.1) is 0 Å². The highest BCUT2D eigenvalue weighted by Gasteiger charge is 2.23. The van der Waals surface area contributed by atoms with Gasteiger partial charge in [-0.05, 0) is 29.2 Å². The number of carbonyl (C=O) groups excluding carboxylic acids is 1. The van der Waals surface area contributed by atoms with Gasteiger partial charge in [0.2, 0.25) is 0 Å². The molecule has 2 heterocycles. The van der Waals surface area contributed by atoms with E-state index in [0.717, 1.165) is 17.1 Å². The standard InChI is InChI=1S/C16H15N3O3S/c20-14(15-7-4-8-22-15)10-19(9-12-5-2-1-3-6-12)16(21)13-11-23-18-17-13/h1-8,11,14,20H,9-10H2/t14-/m1/s1. The van der Waals surface area contributed by atoms with E-state index in [0.29, 0.717) is 12.3 Å². The van der Waals surface area contributed by atoms with E-state index in [1.54, 1.807) is 22.4 Å². The Balaban J connectivity index is 1.79. The van der Waals surface area contributed by atoms with Crippen molar-refractivity contribution in [1.82, 2.24) is 14.5 Å². The minimum atomic E-state index is -0.899. The molecule has 0 saturated carbocycles. The highest BCUT2D eigenvalue weighted by Crippen LogP contribution is 2.18. The van der Waals surface area contributed by atoms with Gasteiger partial charge in [-0.2, -0.15) is 0 Å². The summed E-state index contributed by atoms with van der Waals surface area (Å²) in [5.41, 5.74) is 1.24. The number of amides is 1. The maximum absolute atomic E-state index is 12.6. The predicted octanol–water partition coefficient (Wildman–Crippen LogP) is 2.51. The van der Waals surface area contributed by atoms with E-state index in [-0.39, 0.29) is 18.1 Å². The Morgan fingerprint density at radius 3 is 2.74 bits per heavy atom. The van der Waals surface area contributed by atoms with E-state index in [4.69, 9.17) is 4.42 Å². The zero-order chi connectivity index (χ0) is 16.1. The minimum absolute atomic E-state index is 0.110. The summed E-state index contributed by atoms with van der Waals surface area (Å²) in [7, 11) is 0. The van der Waals surface area contributed by atoms with Gasteiger partial charge < -0.3 is 14.4 Å². The number of carbonyl (C=O) groups is 1. The van der Waals surface area contributed by atoms with Gasteiger partial charge in [0.15, 0.2) is 5.69 Å². The molecule has 1 amide bonds. The van der Waals surface area contributed by atoms with Gasteiger partial charge in [0.25, 0.3) is 5.91 Å². The SMILES string of the molecule is O=C(c1csnn1)N(Cc1ccccc1)C[C@@H](O)c1ccco1. The maximum Gasteiger partial charge on any atom is 0.275 e. The van der Waals surface area contributed by atoms with Crippen molar-refractivity contribution in [1.29, 1.82) is 0 Å². The van der Waals surface area contributed by atoms with Crippen LogP contribution in [-0.2, 0) is 6.54 Å². The summed E-state index contributed by atoms with van der Waals surface area (Å²) in [6.07, 6.45) is 0.593. The average molecular weight is 329 g/mol. The Kier molecular flexibility index (Phi) is 4.80. The van der Waals surface area contributed by atoms with Crippen molar-refractivity contribution < 1.29 is 14.3 Å². The number of hydrogen-bond donors (Lipinski definition) is 1. The smallest absolute Gasteiger partial charge is 0.275 e. The topological polar surface area (TPSA) is 79.5 Å². The van der Waals surface area contributed by atoms with Crippen molar-refractivity contribution in [2.45, 2.75) is 12.6 Å². The molecule has 1 N–H and O–H groups in total. The lowest BCUT2D eigenvalue weighted by molar-refractivity contribution is 0.0558. The van der Waals surface area contributed by atoms with Gasteiger partial charge >= 0.3 is 0 Å². The van der Waals surface area contributed by atoms with Gasteiger partial charge in [0.1, 0.15) is 11.9 Å². The molecule has 0 aliphatic heterocycles. The van der Waals surface area contributed by atoms with E-state index in [9.17, 15) is 9.90 Å². The quantitative estimate of drug-likeness (QED) is 0.751. The molecule has 2 aromatic heterocycles. The minimum Gasteiger partial charge on any atom is -0.467 e. The first-order valence-electron chi connectivity index (χ1n) is 7.06. The molecule has 0 fully saturated rings.